The number of carbonyl (C=O) groups is 2. The molecule has 0 spiro atoms. The molecule has 1 rings (SSSR count). The van der Waals surface area contributed by atoms with Crippen LogP contribution in [0.1, 0.15) is 54.4 Å². The number of allylic oxidation sites excluding steroid dienone is 1. The number of Topliss-reactive ketones (excluding diaryl/α,β-unsaturated/α-hetero) is 1. The predicted octanol–water partition coefficient (Wildman–Crippen LogP) is 2.80. The first-order chi connectivity index (χ1) is 11.6. The normalized spacial score (nSPS) is 40.3. The van der Waals surface area contributed by atoms with Gasteiger partial charge in [-0.15, -0.1) is 0 Å². The first-order valence-corrected chi connectivity index (χ1v) is 9.03. The highest BCUT2D eigenvalue weighted by Crippen LogP contribution is 2.23. The first kappa shape index (κ1) is 21.6. The number of aliphatic hydroxyl groups is 2. The molecule has 2 N–H and O–H groups in total. The lowest BCUT2D eigenvalue weighted by Crippen LogP contribution is -2.37. The number of rotatable bonds is 1. The van der Waals surface area contributed by atoms with Crippen molar-refractivity contribution in [3.8, 4) is 0 Å². The Morgan fingerprint density at radius 2 is 1.64 bits per heavy atom. The minimum absolute atomic E-state index is 0.0478. The van der Waals surface area contributed by atoms with Gasteiger partial charge in [-0.1, -0.05) is 38.5 Å². The summed E-state index contributed by atoms with van der Waals surface area (Å²) in [6, 6.07) is 0. The lowest BCUT2D eigenvalue weighted by Gasteiger charge is -2.26. The van der Waals surface area contributed by atoms with Crippen LogP contribution < -0.4 is 0 Å². The molecule has 5 nitrogen and oxygen atoms in total. The second kappa shape index (κ2) is 9.30. The third-order valence-corrected chi connectivity index (χ3v) is 4.92. The summed E-state index contributed by atoms with van der Waals surface area (Å²) in [5.74, 6) is -2.12. The molecule has 1 aliphatic heterocycles. The van der Waals surface area contributed by atoms with Gasteiger partial charge < -0.3 is 14.9 Å². The molecule has 0 saturated heterocycles. The molecule has 0 aromatic carbocycles. The number of aliphatic hydroxyl groups excluding tert-OH is 2. The van der Waals surface area contributed by atoms with Gasteiger partial charge in [0.1, 0.15) is 12.2 Å². The zero-order valence-corrected chi connectivity index (χ0v) is 16.2. The molecule has 2 unspecified atom stereocenters. The maximum Gasteiger partial charge on any atom is 0.312 e. The van der Waals surface area contributed by atoms with Crippen molar-refractivity contribution in [1.29, 1.82) is 0 Å². The first-order valence-electron chi connectivity index (χ1n) is 9.03. The number of ether oxygens (including phenoxy) is 1. The van der Waals surface area contributed by atoms with Gasteiger partial charge in [0.05, 0.1) is 12.0 Å². The Labute approximate surface area is 150 Å². The number of cyclic esters (lactones) is 1. The topological polar surface area (TPSA) is 83.8 Å². The van der Waals surface area contributed by atoms with Crippen LogP contribution in [0.4, 0.5) is 0 Å². The second-order valence-corrected chi connectivity index (χ2v) is 7.35. The average molecular weight is 352 g/mol. The largest absolute Gasteiger partial charge is 0.461 e. The van der Waals surface area contributed by atoms with Crippen molar-refractivity contribution >= 4 is 11.8 Å². The fraction of sp³-hybridized carbons (Fsp3) is 0.700. The molecule has 5 heteroatoms. The molecule has 0 aromatic rings. The van der Waals surface area contributed by atoms with Gasteiger partial charge in [0.15, 0.2) is 5.78 Å². The Balaban J connectivity index is 3.24. The standard InChI is InChI=1S/C20H32O5/c1-7-17-12(3)10-14(5)18(22)13(4)8-11(2)9-16(21)19(23)15(6)20(24)25-17/h8,10,12-13,15,17-19,22-23H,7,9H2,1-6H3/b11-8+,14-10+/t12-,13-,15-,17?,18?,19+/m1/s1. The second-order valence-electron chi connectivity index (χ2n) is 7.35. The number of hydrogen-bond donors (Lipinski definition) is 2. The fourth-order valence-electron chi connectivity index (χ4n) is 3.24. The molecule has 0 aliphatic carbocycles. The third kappa shape index (κ3) is 5.79. The molecule has 1 heterocycles. The van der Waals surface area contributed by atoms with E-state index in [0.29, 0.717) is 6.42 Å². The highest BCUT2D eigenvalue weighted by molar-refractivity contribution is 5.89. The molecule has 0 radical (unpaired) electrons. The lowest BCUT2D eigenvalue weighted by molar-refractivity contribution is -0.161. The Morgan fingerprint density at radius 3 is 2.20 bits per heavy atom. The van der Waals surface area contributed by atoms with Crippen LogP contribution in [0, 0.1) is 17.8 Å². The van der Waals surface area contributed by atoms with E-state index in [4.69, 9.17) is 4.74 Å². The van der Waals surface area contributed by atoms with Crippen molar-refractivity contribution in [2.24, 2.45) is 17.8 Å². The van der Waals surface area contributed by atoms with Gasteiger partial charge in [-0.2, -0.15) is 0 Å². The zero-order chi connectivity index (χ0) is 19.3. The summed E-state index contributed by atoms with van der Waals surface area (Å²) in [5, 5.41) is 20.7. The summed E-state index contributed by atoms with van der Waals surface area (Å²) in [6.07, 6.45) is 2.02. The van der Waals surface area contributed by atoms with Crippen molar-refractivity contribution in [2.45, 2.75) is 72.7 Å². The lowest BCUT2D eigenvalue weighted by atomic mass is 9.90. The molecule has 0 amide bonds. The smallest absolute Gasteiger partial charge is 0.312 e. The summed E-state index contributed by atoms with van der Waals surface area (Å²) in [7, 11) is 0. The molecule has 6 atom stereocenters. The van der Waals surface area contributed by atoms with Crippen LogP contribution >= 0.6 is 0 Å². The van der Waals surface area contributed by atoms with Gasteiger partial charge >= 0.3 is 5.97 Å². The number of hydrogen-bond acceptors (Lipinski definition) is 5. The third-order valence-electron chi connectivity index (χ3n) is 4.92. The predicted molar refractivity (Wildman–Crippen MR) is 96.8 cm³/mol. The summed E-state index contributed by atoms with van der Waals surface area (Å²) < 4.78 is 5.53. The Bertz CT molecular complexity index is 548. The van der Waals surface area contributed by atoms with E-state index >= 15 is 0 Å². The van der Waals surface area contributed by atoms with Gasteiger partial charge in [-0.25, -0.2) is 0 Å². The van der Waals surface area contributed by atoms with E-state index in [9.17, 15) is 19.8 Å². The van der Waals surface area contributed by atoms with Gasteiger partial charge in [0, 0.05) is 18.3 Å². The monoisotopic (exact) mass is 352 g/mol. The van der Waals surface area contributed by atoms with E-state index < -0.39 is 29.9 Å². The summed E-state index contributed by atoms with van der Waals surface area (Å²) in [4.78, 5) is 24.6. The molecular formula is C20H32O5. The summed E-state index contributed by atoms with van der Waals surface area (Å²) in [5.41, 5.74) is 1.58. The van der Waals surface area contributed by atoms with Gasteiger partial charge in [-0.3, -0.25) is 9.59 Å². The van der Waals surface area contributed by atoms with Gasteiger partial charge in [-0.05, 0) is 32.8 Å². The fourth-order valence-corrected chi connectivity index (χ4v) is 3.24. The van der Waals surface area contributed by atoms with Crippen molar-refractivity contribution < 1.29 is 24.5 Å². The minimum atomic E-state index is -1.39. The van der Waals surface area contributed by atoms with Gasteiger partial charge in [0.25, 0.3) is 0 Å². The molecule has 25 heavy (non-hydrogen) atoms. The Morgan fingerprint density at radius 1 is 1.04 bits per heavy atom. The van der Waals surface area contributed by atoms with Crippen molar-refractivity contribution in [3.63, 3.8) is 0 Å². The maximum absolute atomic E-state index is 12.3. The van der Waals surface area contributed by atoms with Crippen LogP contribution in [0.25, 0.3) is 0 Å². The van der Waals surface area contributed by atoms with E-state index in [-0.39, 0.29) is 24.4 Å². The van der Waals surface area contributed by atoms with Crippen molar-refractivity contribution in [3.05, 3.63) is 23.3 Å². The van der Waals surface area contributed by atoms with Crippen LogP contribution in [0.5, 0.6) is 0 Å². The number of ketones is 1. The molecule has 0 aromatic heterocycles. The SMILES string of the molecule is CCC1OC(=O)[C@H](C)[C@H](O)C(=O)C/C(C)=C/[C@@H](C)C(O)/C(C)=C/[C@H]1C. The van der Waals surface area contributed by atoms with Crippen LogP contribution in [0.15, 0.2) is 23.3 Å². The number of esters is 1. The Kier molecular flexibility index (Phi) is 8.03. The van der Waals surface area contributed by atoms with E-state index in [1.165, 1.54) is 6.92 Å². The van der Waals surface area contributed by atoms with E-state index in [1.54, 1.807) is 6.92 Å². The molecule has 0 fully saturated rings. The highest BCUT2D eigenvalue weighted by atomic mass is 16.5. The zero-order valence-electron chi connectivity index (χ0n) is 16.2. The van der Waals surface area contributed by atoms with E-state index in [1.807, 2.05) is 39.8 Å². The average Bonchev–Trinajstić information content (AvgIpc) is 2.55. The molecule has 0 saturated carbocycles. The minimum Gasteiger partial charge on any atom is -0.461 e. The Hall–Kier alpha value is -1.46. The maximum atomic E-state index is 12.3. The molecule has 142 valence electrons. The molecule has 1 aliphatic rings. The van der Waals surface area contributed by atoms with Crippen molar-refractivity contribution in [1.82, 2.24) is 0 Å². The summed E-state index contributed by atoms with van der Waals surface area (Å²) in [6.45, 7) is 10.9. The summed E-state index contributed by atoms with van der Waals surface area (Å²) >= 11 is 0. The highest BCUT2D eigenvalue weighted by Gasteiger charge is 2.32. The van der Waals surface area contributed by atoms with E-state index in [2.05, 4.69) is 0 Å². The van der Waals surface area contributed by atoms with Gasteiger partial charge in [0.2, 0.25) is 0 Å². The van der Waals surface area contributed by atoms with Crippen LogP contribution in [0.3, 0.4) is 0 Å². The molecule has 0 bridgehead atoms. The molecular weight excluding hydrogens is 320 g/mol. The van der Waals surface area contributed by atoms with Crippen LogP contribution in [0.2, 0.25) is 0 Å². The quantitative estimate of drug-likeness (QED) is 0.560. The number of carbonyl (C=O) groups excluding carboxylic acids is 2. The van der Waals surface area contributed by atoms with Crippen LogP contribution in [-0.4, -0.2) is 40.3 Å². The van der Waals surface area contributed by atoms with Crippen LogP contribution in [-0.2, 0) is 14.3 Å². The van der Waals surface area contributed by atoms with E-state index in [0.717, 1.165) is 11.1 Å². The van der Waals surface area contributed by atoms with Crippen molar-refractivity contribution in [2.75, 3.05) is 0 Å².